The van der Waals surface area contributed by atoms with Crippen LogP contribution < -0.4 is 0 Å². The molecule has 28 heavy (non-hydrogen) atoms. The predicted molar refractivity (Wildman–Crippen MR) is 107 cm³/mol. The monoisotopic (exact) mass is 385 g/mol. The molecule has 0 aromatic heterocycles. The molecule has 2 aromatic carbocycles. The summed E-state index contributed by atoms with van der Waals surface area (Å²) in [5, 5.41) is 11.1. The molecule has 1 heterocycles. The van der Waals surface area contributed by atoms with Crippen LogP contribution in [-0.4, -0.2) is 34.8 Å². The molecule has 0 radical (unpaired) electrons. The second-order valence-corrected chi connectivity index (χ2v) is 8.50. The lowest BCUT2D eigenvalue weighted by Gasteiger charge is -2.39. The Bertz CT molecular complexity index is 801. The molecule has 0 bridgehead atoms. The fourth-order valence-electron chi connectivity index (χ4n) is 3.45. The van der Waals surface area contributed by atoms with Gasteiger partial charge in [0.25, 0.3) is 0 Å². The number of piperidine rings is 1. The van der Waals surface area contributed by atoms with E-state index in [4.69, 9.17) is 4.74 Å². The molecule has 0 atom stereocenters. The zero-order chi connectivity index (χ0) is 20.4. The van der Waals surface area contributed by atoms with E-state index in [0.717, 1.165) is 16.7 Å². The van der Waals surface area contributed by atoms with Crippen molar-refractivity contribution < 1.29 is 19.0 Å². The Hall–Kier alpha value is -2.40. The molecule has 1 amide bonds. The van der Waals surface area contributed by atoms with Gasteiger partial charge in [0, 0.05) is 13.1 Å². The number of benzene rings is 2. The summed E-state index contributed by atoms with van der Waals surface area (Å²) in [6, 6.07) is 14.4. The van der Waals surface area contributed by atoms with Crippen molar-refractivity contribution in [3.05, 3.63) is 71.0 Å². The van der Waals surface area contributed by atoms with Gasteiger partial charge in [-0.3, -0.25) is 0 Å². The number of aliphatic hydroxyl groups is 1. The van der Waals surface area contributed by atoms with E-state index in [0.29, 0.717) is 32.4 Å². The summed E-state index contributed by atoms with van der Waals surface area (Å²) in [4.78, 5) is 13.9. The molecule has 2 aromatic rings. The molecule has 1 aliphatic rings. The molecule has 0 saturated carbocycles. The molecule has 150 valence electrons. The van der Waals surface area contributed by atoms with E-state index in [1.165, 1.54) is 12.1 Å². The van der Waals surface area contributed by atoms with Crippen molar-refractivity contribution in [3.63, 3.8) is 0 Å². The van der Waals surface area contributed by atoms with Crippen molar-refractivity contribution >= 4 is 6.09 Å². The zero-order valence-electron chi connectivity index (χ0n) is 16.7. The van der Waals surface area contributed by atoms with Crippen molar-refractivity contribution in [1.29, 1.82) is 0 Å². The average molecular weight is 385 g/mol. The van der Waals surface area contributed by atoms with Crippen LogP contribution >= 0.6 is 0 Å². The highest BCUT2D eigenvalue weighted by Gasteiger charge is 2.36. The number of hydrogen-bond donors (Lipinski definition) is 1. The number of hydrogen-bond acceptors (Lipinski definition) is 3. The molecule has 1 fully saturated rings. The molecular formula is C23H28FNO3. The SMILES string of the molecule is CC(C)(C)OC(=O)N1CCC(O)(c2ccc(Cc3ccc(F)cc3)cc2)CC1. The largest absolute Gasteiger partial charge is 0.444 e. The van der Waals surface area contributed by atoms with Gasteiger partial charge >= 0.3 is 6.09 Å². The lowest BCUT2D eigenvalue weighted by Crippen LogP contribution is -2.46. The minimum absolute atomic E-state index is 0.237. The van der Waals surface area contributed by atoms with Gasteiger partial charge in [0.05, 0.1) is 5.60 Å². The lowest BCUT2D eigenvalue weighted by atomic mass is 9.84. The molecule has 3 rings (SSSR count). The van der Waals surface area contributed by atoms with Gasteiger partial charge in [-0.1, -0.05) is 36.4 Å². The number of carbonyl (C=O) groups excluding carboxylic acids is 1. The third-order valence-corrected chi connectivity index (χ3v) is 5.06. The number of nitrogens with zero attached hydrogens (tertiary/aromatic N) is 1. The van der Waals surface area contributed by atoms with Crippen LogP contribution in [0.2, 0.25) is 0 Å². The molecule has 1 saturated heterocycles. The van der Waals surface area contributed by atoms with Crippen LogP contribution in [-0.2, 0) is 16.8 Å². The Kier molecular flexibility index (Phi) is 5.75. The Morgan fingerprint density at radius 2 is 1.54 bits per heavy atom. The maximum atomic E-state index is 13.0. The van der Waals surface area contributed by atoms with Crippen molar-refractivity contribution in [3.8, 4) is 0 Å². The highest BCUT2D eigenvalue weighted by molar-refractivity contribution is 5.68. The van der Waals surface area contributed by atoms with E-state index in [1.54, 1.807) is 17.0 Å². The van der Waals surface area contributed by atoms with Crippen molar-refractivity contribution in [1.82, 2.24) is 4.90 Å². The summed E-state index contributed by atoms with van der Waals surface area (Å²) in [5.74, 6) is -0.237. The first-order chi connectivity index (χ1) is 13.1. The maximum Gasteiger partial charge on any atom is 0.410 e. The van der Waals surface area contributed by atoms with Gasteiger partial charge in [0.1, 0.15) is 11.4 Å². The number of halogens is 1. The highest BCUT2D eigenvalue weighted by Crippen LogP contribution is 2.33. The van der Waals surface area contributed by atoms with Gasteiger partial charge in [-0.25, -0.2) is 9.18 Å². The van der Waals surface area contributed by atoms with E-state index >= 15 is 0 Å². The van der Waals surface area contributed by atoms with Gasteiger partial charge in [0.2, 0.25) is 0 Å². The standard InChI is InChI=1S/C23H28FNO3/c1-22(2,3)28-21(26)25-14-12-23(27,13-15-25)19-8-4-17(5-9-19)16-18-6-10-20(24)11-7-18/h4-11,27H,12-16H2,1-3H3. The van der Waals surface area contributed by atoms with E-state index < -0.39 is 11.2 Å². The Morgan fingerprint density at radius 1 is 1.04 bits per heavy atom. The van der Waals surface area contributed by atoms with Crippen LogP contribution in [0.1, 0.15) is 50.3 Å². The molecular weight excluding hydrogens is 357 g/mol. The van der Waals surface area contributed by atoms with Crippen LogP contribution in [0, 0.1) is 5.82 Å². The van der Waals surface area contributed by atoms with Gasteiger partial charge in [-0.15, -0.1) is 0 Å². The number of carbonyl (C=O) groups is 1. The van der Waals surface area contributed by atoms with Gasteiger partial charge in [0.15, 0.2) is 0 Å². The van der Waals surface area contributed by atoms with Crippen LogP contribution in [0.5, 0.6) is 0 Å². The predicted octanol–water partition coefficient (Wildman–Crippen LogP) is 4.64. The van der Waals surface area contributed by atoms with Gasteiger partial charge in [-0.05, 0) is 68.9 Å². The fraction of sp³-hybridized carbons (Fsp3) is 0.435. The third kappa shape index (κ3) is 5.10. The van der Waals surface area contributed by atoms with Crippen LogP contribution in [0.3, 0.4) is 0 Å². The van der Waals surface area contributed by atoms with Crippen molar-refractivity contribution in [2.45, 2.75) is 51.2 Å². The Labute approximate surface area is 165 Å². The lowest BCUT2D eigenvalue weighted by molar-refractivity contribution is -0.0356. The topological polar surface area (TPSA) is 49.8 Å². The molecule has 0 spiro atoms. The van der Waals surface area contributed by atoms with Crippen molar-refractivity contribution in [2.24, 2.45) is 0 Å². The van der Waals surface area contributed by atoms with E-state index in [1.807, 2.05) is 45.0 Å². The summed E-state index contributed by atoms with van der Waals surface area (Å²) in [6.07, 6.45) is 1.34. The minimum Gasteiger partial charge on any atom is -0.444 e. The quantitative estimate of drug-likeness (QED) is 0.838. The van der Waals surface area contributed by atoms with Crippen LogP contribution in [0.4, 0.5) is 9.18 Å². The number of likely N-dealkylation sites (tertiary alicyclic amines) is 1. The first-order valence-corrected chi connectivity index (χ1v) is 9.69. The summed E-state index contributed by atoms with van der Waals surface area (Å²) in [5.41, 5.74) is 1.54. The highest BCUT2D eigenvalue weighted by atomic mass is 19.1. The first kappa shape index (κ1) is 20.3. The summed E-state index contributed by atoms with van der Waals surface area (Å²) < 4.78 is 18.4. The second kappa shape index (κ2) is 7.92. The number of rotatable bonds is 3. The van der Waals surface area contributed by atoms with Gasteiger partial charge < -0.3 is 14.7 Å². The normalized spacial score (nSPS) is 16.7. The third-order valence-electron chi connectivity index (χ3n) is 5.06. The van der Waals surface area contributed by atoms with E-state index in [9.17, 15) is 14.3 Å². The van der Waals surface area contributed by atoms with Gasteiger partial charge in [-0.2, -0.15) is 0 Å². The zero-order valence-corrected chi connectivity index (χ0v) is 16.7. The van der Waals surface area contributed by atoms with Crippen LogP contribution in [0.25, 0.3) is 0 Å². The van der Waals surface area contributed by atoms with Crippen LogP contribution in [0.15, 0.2) is 48.5 Å². The first-order valence-electron chi connectivity index (χ1n) is 9.69. The Balaban J connectivity index is 1.61. The molecule has 0 aliphatic carbocycles. The summed E-state index contributed by atoms with van der Waals surface area (Å²) >= 11 is 0. The maximum absolute atomic E-state index is 13.0. The Morgan fingerprint density at radius 3 is 2.04 bits per heavy atom. The molecule has 0 unspecified atom stereocenters. The molecule has 1 aliphatic heterocycles. The number of ether oxygens (including phenoxy) is 1. The molecule has 4 nitrogen and oxygen atoms in total. The average Bonchev–Trinajstić information content (AvgIpc) is 2.63. The van der Waals surface area contributed by atoms with E-state index in [2.05, 4.69) is 0 Å². The van der Waals surface area contributed by atoms with E-state index in [-0.39, 0.29) is 11.9 Å². The summed E-state index contributed by atoms with van der Waals surface area (Å²) in [7, 11) is 0. The summed E-state index contributed by atoms with van der Waals surface area (Å²) in [6.45, 7) is 6.46. The molecule has 5 heteroatoms. The fourth-order valence-corrected chi connectivity index (χ4v) is 3.45. The second-order valence-electron chi connectivity index (χ2n) is 8.50. The minimum atomic E-state index is -0.938. The van der Waals surface area contributed by atoms with Crippen molar-refractivity contribution in [2.75, 3.05) is 13.1 Å². The smallest absolute Gasteiger partial charge is 0.410 e. The number of amides is 1. The molecule has 1 N–H and O–H groups in total.